The van der Waals surface area contributed by atoms with Crippen LogP contribution in [0.5, 0.6) is 0 Å². The molecule has 0 radical (unpaired) electrons. The lowest BCUT2D eigenvalue weighted by Gasteiger charge is -2.05. The lowest BCUT2D eigenvalue weighted by Crippen LogP contribution is -2.25. The summed E-state index contributed by atoms with van der Waals surface area (Å²) in [5, 5.41) is 22.0. The van der Waals surface area contributed by atoms with Crippen LogP contribution in [0.1, 0.15) is 25.3 Å². The minimum Gasteiger partial charge on any atom is -0.421 e. The first-order valence-electron chi connectivity index (χ1n) is 6.78. The summed E-state index contributed by atoms with van der Waals surface area (Å²) in [6.45, 7) is 6.68. The summed E-state index contributed by atoms with van der Waals surface area (Å²) in [4.78, 5) is 10.3. The van der Waals surface area contributed by atoms with Crippen molar-refractivity contribution < 1.29 is 9.34 Å². The van der Waals surface area contributed by atoms with E-state index < -0.39 is 4.92 Å². The molecule has 0 spiro atoms. The standard InChI is InChI=1S/C14H18N4O3/c1-9(2)15-7-6-13-16-17-14(21-13)12-5-4-11(18(19)20)8-10(12)3/h4-5,8-9,15H,6-7H2,1-3H3. The van der Waals surface area contributed by atoms with Crippen LogP contribution < -0.4 is 5.32 Å². The van der Waals surface area contributed by atoms with Crippen LogP contribution in [0.4, 0.5) is 5.69 Å². The Kier molecular flexibility index (Phi) is 4.64. The van der Waals surface area contributed by atoms with E-state index in [2.05, 4.69) is 29.4 Å². The average molecular weight is 290 g/mol. The van der Waals surface area contributed by atoms with Gasteiger partial charge in [-0.25, -0.2) is 0 Å². The molecular weight excluding hydrogens is 272 g/mol. The SMILES string of the molecule is Cc1cc([N+](=O)[O-])ccc1-c1nnc(CCNC(C)C)o1. The molecule has 0 unspecified atom stereocenters. The van der Waals surface area contributed by atoms with Crippen molar-refractivity contribution in [1.29, 1.82) is 0 Å². The van der Waals surface area contributed by atoms with Crippen LogP contribution in [0.2, 0.25) is 0 Å². The number of hydrogen-bond donors (Lipinski definition) is 1. The Balaban J connectivity index is 2.12. The first-order valence-corrected chi connectivity index (χ1v) is 6.78. The highest BCUT2D eigenvalue weighted by Gasteiger charge is 2.14. The molecule has 1 aromatic heterocycles. The molecule has 0 saturated carbocycles. The van der Waals surface area contributed by atoms with Gasteiger partial charge in [-0.15, -0.1) is 10.2 Å². The number of nitrogens with one attached hydrogen (secondary N) is 1. The number of non-ortho nitro benzene ring substituents is 1. The minimum absolute atomic E-state index is 0.0529. The summed E-state index contributed by atoms with van der Waals surface area (Å²) >= 11 is 0. The van der Waals surface area contributed by atoms with Crippen LogP contribution in [0, 0.1) is 17.0 Å². The molecule has 0 bridgehead atoms. The topological polar surface area (TPSA) is 94.1 Å². The van der Waals surface area contributed by atoms with Crippen molar-refractivity contribution in [1.82, 2.24) is 15.5 Å². The fraction of sp³-hybridized carbons (Fsp3) is 0.429. The zero-order chi connectivity index (χ0) is 15.4. The number of benzene rings is 1. The number of aromatic nitrogens is 2. The van der Waals surface area contributed by atoms with Gasteiger partial charge >= 0.3 is 0 Å². The second-order valence-corrected chi connectivity index (χ2v) is 5.12. The molecule has 2 aromatic rings. The number of nitro benzene ring substituents is 1. The Morgan fingerprint density at radius 2 is 2.14 bits per heavy atom. The molecular formula is C14H18N4O3. The largest absolute Gasteiger partial charge is 0.421 e. The van der Waals surface area contributed by atoms with Gasteiger partial charge in [0.1, 0.15) is 0 Å². The summed E-state index contributed by atoms with van der Waals surface area (Å²) in [7, 11) is 0. The van der Waals surface area contributed by atoms with Crippen molar-refractivity contribution in [3.05, 3.63) is 39.8 Å². The summed E-state index contributed by atoms with van der Waals surface area (Å²) in [5.41, 5.74) is 1.51. The molecule has 0 aliphatic rings. The van der Waals surface area contributed by atoms with Gasteiger partial charge in [-0.2, -0.15) is 0 Å². The monoisotopic (exact) mass is 290 g/mol. The van der Waals surface area contributed by atoms with E-state index in [9.17, 15) is 10.1 Å². The molecule has 1 N–H and O–H groups in total. The highest BCUT2D eigenvalue weighted by atomic mass is 16.6. The molecule has 0 fully saturated rings. The van der Waals surface area contributed by atoms with E-state index in [-0.39, 0.29) is 5.69 Å². The number of nitro groups is 1. The zero-order valence-electron chi connectivity index (χ0n) is 12.3. The van der Waals surface area contributed by atoms with Crippen molar-refractivity contribution in [2.75, 3.05) is 6.54 Å². The van der Waals surface area contributed by atoms with Gasteiger partial charge in [-0.3, -0.25) is 10.1 Å². The molecule has 7 heteroatoms. The molecule has 2 rings (SSSR count). The van der Waals surface area contributed by atoms with Crippen LogP contribution in [-0.4, -0.2) is 27.7 Å². The molecule has 1 heterocycles. The van der Waals surface area contributed by atoms with E-state index in [1.807, 2.05) is 0 Å². The molecule has 0 aliphatic carbocycles. The van der Waals surface area contributed by atoms with Crippen molar-refractivity contribution in [2.45, 2.75) is 33.2 Å². The Hall–Kier alpha value is -2.28. The quantitative estimate of drug-likeness (QED) is 0.649. The zero-order valence-corrected chi connectivity index (χ0v) is 12.3. The summed E-state index contributed by atoms with van der Waals surface area (Å²) in [6, 6.07) is 4.98. The third-order valence-corrected chi connectivity index (χ3v) is 3.01. The predicted molar refractivity (Wildman–Crippen MR) is 78.0 cm³/mol. The first kappa shape index (κ1) is 15.1. The van der Waals surface area contributed by atoms with E-state index in [0.29, 0.717) is 24.2 Å². The van der Waals surface area contributed by atoms with Crippen molar-refractivity contribution in [3.8, 4) is 11.5 Å². The molecule has 7 nitrogen and oxygen atoms in total. The Labute approximate surface area is 122 Å². The summed E-state index contributed by atoms with van der Waals surface area (Å²) in [6.07, 6.45) is 0.650. The lowest BCUT2D eigenvalue weighted by atomic mass is 10.1. The van der Waals surface area contributed by atoms with Gasteiger partial charge in [-0.05, 0) is 18.6 Å². The molecule has 112 valence electrons. The highest BCUT2D eigenvalue weighted by Crippen LogP contribution is 2.25. The fourth-order valence-electron chi connectivity index (χ4n) is 1.93. The third-order valence-electron chi connectivity index (χ3n) is 3.01. The van der Waals surface area contributed by atoms with E-state index in [1.54, 1.807) is 13.0 Å². The van der Waals surface area contributed by atoms with Crippen LogP contribution in [0.15, 0.2) is 22.6 Å². The van der Waals surface area contributed by atoms with Crippen molar-refractivity contribution in [3.63, 3.8) is 0 Å². The number of aryl methyl sites for hydroxylation is 1. The van der Waals surface area contributed by atoms with Crippen LogP contribution >= 0.6 is 0 Å². The van der Waals surface area contributed by atoms with Crippen LogP contribution in [0.3, 0.4) is 0 Å². The maximum absolute atomic E-state index is 10.7. The van der Waals surface area contributed by atoms with Crippen molar-refractivity contribution >= 4 is 5.69 Å². The molecule has 0 aliphatic heterocycles. The summed E-state index contributed by atoms with van der Waals surface area (Å²) < 4.78 is 5.60. The van der Waals surface area contributed by atoms with Gasteiger partial charge in [-0.1, -0.05) is 13.8 Å². The van der Waals surface area contributed by atoms with E-state index in [4.69, 9.17) is 4.42 Å². The fourth-order valence-corrected chi connectivity index (χ4v) is 1.93. The Morgan fingerprint density at radius 1 is 1.38 bits per heavy atom. The summed E-state index contributed by atoms with van der Waals surface area (Å²) in [5.74, 6) is 0.942. The Bertz CT molecular complexity index is 637. The molecule has 0 atom stereocenters. The smallest absolute Gasteiger partial charge is 0.269 e. The van der Waals surface area contributed by atoms with Gasteiger partial charge < -0.3 is 9.73 Å². The van der Waals surface area contributed by atoms with E-state index in [0.717, 1.165) is 17.7 Å². The second-order valence-electron chi connectivity index (χ2n) is 5.12. The maximum atomic E-state index is 10.7. The number of nitrogens with zero attached hydrogens (tertiary/aromatic N) is 3. The van der Waals surface area contributed by atoms with Crippen LogP contribution in [-0.2, 0) is 6.42 Å². The lowest BCUT2D eigenvalue weighted by molar-refractivity contribution is -0.384. The van der Waals surface area contributed by atoms with Crippen molar-refractivity contribution in [2.24, 2.45) is 0 Å². The van der Waals surface area contributed by atoms with Gasteiger partial charge in [0.15, 0.2) is 0 Å². The van der Waals surface area contributed by atoms with Gasteiger partial charge in [0.2, 0.25) is 11.8 Å². The third kappa shape index (κ3) is 3.85. The molecule has 0 saturated heterocycles. The van der Waals surface area contributed by atoms with Gasteiger partial charge in [0.05, 0.1) is 4.92 Å². The minimum atomic E-state index is -0.423. The average Bonchev–Trinajstić information content (AvgIpc) is 2.86. The second kappa shape index (κ2) is 6.45. The number of hydrogen-bond acceptors (Lipinski definition) is 6. The highest BCUT2D eigenvalue weighted by molar-refractivity contribution is 5.60. The van der Waals surface area contributed by atoms with E-state index >= 15 is 0 Å². The first-order chi connectivity index (χ1) is 9.97. The van der Waals surface area contributed by atoms with Crippen LogP contribution in [0.25, 0.3) is 11.5 Å². The molecule has 21 heavy (non-hydrogen) atoms. The maximum Gasteiger partial charge on any atom is 0.269 e. The van der Waals surface area contributed by atoms with E-state index in [1.165, 1.54) is 12.1 Å². The van der Waals surface area contributed by atoms with Gasteiger partial charge in [0, 0.05) is 36.7 Å². The number of rotatable bonds is 6. The molecule has 0 amide bonds. The predicted octanol–water partition coefficient (Wildman–Crippen LogP) is 2.49. The Morgan fingerprint density at radius 3 is 2.76 bits per heavy atom. The van der Waals surface area contributed by atoms with Gasteiger partial charge in [0.25, 0.3) is 5.69 Å². The normalized spacial score (nSPS) is 11.0. The molecule has 1 aromatic carbocycles.